The molecule has 4 amide bonds. The summed E-state index contributed by atoms with van der Waals surface area (Å²) in [6.07, 6.45) is 0. The summed E-state index contributed by atoms with van der Waals surface area (Å²) < 4.78 is 35.4. The molecule has 0 unspecified atom stereocenters. The second-order valence-electron chi connectivity index (χ2n) is 8.73. The topological polar surface area (TPSA) is 137 Å². The molecule has 206 valence electrons. The number of carbonyl (C=O) groups is 2. The zero-order valence-corrected chi connectivity index (χ0v) is 23.1. The molecule has 0 bridgehead atoms. The average molecular weight is 546 g/mol. The second kappa shape index (κ2) is 14.3. The first-order valence-electron chi connectivity index (χ1n) is 12.0. The average Bonchev–Trinajstić information content (AvgIpc) is 3.46. The lowest BCUT2D eigenvalue weighted by atomic mass is 10.1. The van der Waals surface area contributed by atoms with Gasteiger partial charge in [-0.05, 0) is 18.1 Å². The predicted molar refractivity (Wildman–Crippen MR) is 143 cm³/mol. The van der Waals surface area contributed by atoms with E-state index in [1.54, 1.807) is 0 Å². The molecule has 3 aromatic rings. The van der Waals surface area contributed by atoms with Crippen LogP contribution in [0.4, 0.5) is 9.59 Å². The van der Waals surface area contributed by atoms with E-state index < -0.39 is 10.4 Å². The molecule has 2 N–H and O–H groups in total. The van der Waals surface area contributed by atoms with Gasteiger partial charge < -0.3 is 15.2 Å². The molecule has 0 spiro atoms. The first kappa shape index (κ1) is 30.5. The van der Waals surface area contributed by atoms with E-state index in [0.717, 1.165) is 7.11 Å². The van der Waals surface area contributed by atoms with Crippen LogP contribution in [-0.4, -0.2) is 61.4 Å². The van der Waals surface area contributed by atoms with Gasteiger partial charge in [0.1, 0.15) is 5.69 Å². The molecular weight excluding hydrogens is 510 g/mol. The monoisotopic (exact) mass is 545 g/mol. The number of hydrogen-bond donors (Lipinski definition) is 2. The molecule has 0 atom stereocenters. The zero-order valence-electron chi connectivity index (χ0n) is 22.2. The second-order valence-corrected chi connectivity index (χ2v) is 9.88. The summed E-state index contributed by atoms with van der Waals surface area (Å²) in [4.78, 5) is 23.5. The molecule has 0 radical (unpaired) electrons. The SMILES string of the molecule is CC(C)CNC(=O)N1CCNC1=O.COS(=O)(=O)[O-].Cn1c(-c2ccccc2)cc(-c2ccccc2)[n+]1C. The van der Waals surface area contributed by atoms with Gasteiger partial charge >= 0.3 is 12.1 Å². The largest absolute Gasteiger partial charge is 0.726 e. The van der Waals surface area contributed by atoms with Crippen molar-refractivity contribution in [2.24, 2.45) is 20.0 Å². The third kappa shape index (κ3) is 9.29. The molecular formula is C26H35N5O6S. The number of carbonyl (C=O) groups excluding carboxylic acids is 2. The Kier molecular flexibility index (Phi) is 11.4. The lowest BCUT2D eigenvalue weighted by molar-refractivity contribution is -0.740. The van der Waals surface area contributed by atoms with E-state index in [-0.39, 0.29) is 12.1 Å². The smallest absolute Gasteiger partial charge is 0.325 e. The third-order valence-electron chi connectivity index (χ3n) is 5.53. The summed E-state index contributed by atoms with van der Waals surface area (Å²) in [5.41, 5.74) is 4.93. The first-order chi connectivity index (χ1) is 17.9. The van der Waals surface area contributed by atoms with Crippen LogP contribution in [0.3, 0.4) is 0 Å². The predicted octanol–water partition coefficient (Wildman–Crippen LogP) is 2.65. The van der Waals surface area contributed by atoms with Gasteiger partial charge in [-0.1, -0.05) is 62.4 Å². The van der Waals surface area contributed by atoms with Gasteiger partial charge in [0.05, 0.1) is 14.2 Å². The number of nitrogens with one attached hydrogen (secondary N) is 2. The minimum absolute atomic E-state index is 0.302. The quantitative estimate of drug-likeness (QED) is 0.287. The van der Waals surface area contributed by atoms with Crippen LogP contribution in [0.1, 0.15) is 13.8 Å². The van der Waals surface area contributed by atoms with Crippen LogP contribution in [0.2, 0.25) is 0 Å². The van der Waals surface area contributed by atoms with E-state index in [2.05, 4.69) is 92.9 Å². The number of nitrogens with zero attached hydrogens (tertiary/aromatic N) is 3. The van der Waals surface area contributed by atoms with Crippen LogP contribution in [0.5, 0.6) is 0 Å². The highest BCUT2D eigenvalue weighted by Crippen LogP contribution is 2.23. The van der Waals surface area contributed by atoms with Gasteiger partial charge in [0.25, 0.3) is 0 Å². The maximum absolute atomic E-state index is 11.3. The van der Waals surface area contributed by atoms with Gasteiger partial charge in [-0.2, -0.15) is 4.68 Å². The lowest BCUT2D eigenvalue weighted by Crippen LogP contribution is -2.43. The Morgan fingerprint density at radius 2 is 1.63 bits per heavy atom. The molecule has 2 aromatic carbocycles. The maximum atomic E-state index is 11.3. The van der Waals surface area contributed by atoms with E-state index in [1.807, 2.05) is 26.0 Å². The fourth-order valence-electron chi connectivity index (χ4n) is 3.45. The van der Waals surface area contributed by atoms with Gasteiger partial charge in [0, 0.05) is 36.8 Å². The van der Waals surface area contributed by atoms with E-state index in [0.29, 0.717) is 25.6 Å². The molecule has 1 aliphatic heterocycles. The minimum Gasteiger partial charge on any atom is -0.726 e. The van der Waals surface area contributed by atoms with Gasteiger partial charge in [-0.25, -0.2) is 22.9 Å². The molecule has 4 rings (SSSR count). The number of aromatic nitrogens is 2. The summed E-state index contributed by atoms with van der Waals surface area (Å²) in [5.74, 6) is 0.398. The number of benzene rings is 2. The van der Waals surface area contributed by atoms with Crippen LogP contribution in [0, 0.1) is 5.92 Å². The number of rotatable bonds is 5. The fourth-order valence-corrected chi connectivity index (χ4v) is 3.45. The van der Waals surface area contributed by atoms with E-state index >= 15 is 0 Å². The van der Waals surface area contributed by atoms with Crippen molar-refractivity contribution in [3.8, 4) is 22.5 Å². The van der Waals surface area contributed by atoms with Crippen molar-refractivity contribution in [2.45, 2.75) is 13.8 Å². The Bertz CT molecular complexity index is 1230. The van der Waals surface area contributed by atoms with Crippen LogP contribution >= 0.6 is 0 Å². The Morgan fingerprint density at radius 3 is 2.08 bits per heavy atom. The van der Waals surface area contributed by atoms with Crippen molar-refractivity contribution < 1.29 is 31.4 Å². The summed E-state index contributed by atoms with van der Waals surface area (Å²) >= 11 is 0. The normalized spacial score (nSPS) is 12.7. The number of urea groups is 2. The number of imide groups is 1. The van der Waals surface area contributed by atoms with Gasteiger partial charge in [-0.15, -0.1) is 4.68 Å². The first-order valence-corrected chi connectivity index (χ1v) is 13.3. The van der Waals surface area contributed by atoms with Crippen molar-refractivity contribution in [3.63, 3.8) is 0 Å². The summed E-state index contributed by atoms with van der Waals surface area (Å²) in [6.45, 7) is 5.62. The Labute approximate surface area is 224 Å². The van der Waals surface area contributed by atoms with Crippen LogP contribution < -0.4 is 15.3 Å². The van der Waals surface area contributed by atoms with Gasteiger partial charge in [0.15, 0.2) is 7.05 Å². The van der Waals surface area contributed by atoms with Crippen molar-refractivity contribution in [1.82, 2.24) is 20.2 Å². The fraction of sp³-hybridized carbons (Fsp3) is 0.346. The molecule has 2 heterocycles. The number of amides is 4. The van der Waals surface area contributed by atoms with E-state index in [4.69, 9.17) is 0 Å². The molecule has 1 fully saturated rings. The Morgan fingerprint density at radius 1 is 1.11 bits per heavy atom. The highest BCUT2D eigenvalue weighted by Gasteiger charge is 2.25. The molecule has 1 saturated heterocycles. The molecule has 38 heavy (non-hydrogen) atoms. The van der Waals surface area contributed by atoms with Crippen molar-refractivity contribution in [1.29, 1.82) is 0 Å². The molecule has 0 aliphatic carbocycles. The van der Waals surface area contributed by atoms with Crippen LogP contribution in [-0.2, 0) is 28.7 Å². The minimum atomic E-state index is -4.41. The summed E-state index contributed by atoms with van der Waals surface area (Å²) in [7, 11) is 0.580. The van der Waals surface area contributed by atoms with Crippen molar-refractivity contribution >= 4 is 22.5 Å². The third-order valence-corrected chi connectivity index (χ3v) is 5.94. The highest BCUT2D eigenvalue weighted by molar-refractivity contribution is 7.80. The molecule has 1 aromatic heterocycles. The molecule has 11 nitrogen and oxygen atoms in total. The molecule has 12 heteroatoms. The van der Waals surface area contributed by atoms with Crippen molar-refractivity contribution in [2.75, 3.05) is 26.7 Å². The van der Waals surface area contributed by atoms with Crippen LogP contribution in [0.25, 0.3) is 22.5 Å². The standard InChI is InChI=1S/C17H17N2.C8H15N3O2.CH4O4S/c1-18-16(14-9-5-3-6-10-14)13-17(19(18)2)15-11-7-4-8-12-15;1-6(2)5-10-8(13)11-4-3-9-7(11)12;1-5-6(2,3)4/h3-13H,1-2H3;6H,3-5H2,1-2H3,(H,9,12)(H,10,13);1H3,(H,2,3,4)/q+1;;/p-1. The van der Waals surface area contributed by atoms with Crippen molar-refractivity contribution in [3.05, 3.63) is 66.7 Å². The Balaban J connectivity index is 0.000000232. The Hall–Kier alpha value is -3.74. The maximum Gasteiger partial charge on any atom is 0.325 e. The highest BCUT2D eigenvalue weighted by atomic mass is 32.3. The van der Waals surface area contributed by atoms with Gasteiger partial charge in [-0.3, -0.25) is 4.18 Å². The molecule has 0 saturated carbocycles. The van der Waals surface area contributed by atoms with Gasteiger partial charge in [0.2, 0.25) is 16.1 Å². The van der Waals surface area contributed by atoms with E-state index in [1.165, 1.54) is 27.4 Å². The summed E-state index contributed by atoms with van der Waals surface area (Å²) in [5, 5.41) is 5.24. The van der Waals surface area contributed by atoms with Crippen LogP contribution in [0.15, 0.2) is 66.7 Å². The number of hydrogen-bond acceptors (Lipinski definition) is 6. The summed E-state index contributed by atoms with van der Waals surface area (Å²) in [6, 6.07) is 22.6. The zero-order chi connectivity index (χ0) is 28.3. The molecule has 1 aliphatic rings. The lowest BCUT2D eigenvalue weighted by Gasteiger charge is -2.14. The van der Waals surface area contributed by atoms with E-state index in [9.17, 15) is 22.6 Å².